The Balaban J connectivity index is 1.55. The third-order valence-electron chi connectivity index (χ3n) is 3.46. The van der Waals surface area contributed by atoms with Gasteiger partial charge in [0.25, 0.3) is 0 Å². The van der Waals surface area contributed by atoms with E-state index < -0.39 is 0 Å². The topological polar surface area (TPSA) is 78.5 Å². The highest BCUT2D eigenvalue weighted by atomic mass is 79.9. The molecule has 2 aromatic heterocycles. The lowest BCUT2D eigenvalue weighted by molar-refractivity contribution is 1.06. The van der Waals surface area contributed by atoms with Crippen molar-refractivity contribution in [3.05, 3.63) is 65.5 Å². The zero-order chi connectivity index (χ0) is 16.4. The maximum Gasteiger partial charge on any atom is 0.232 e. The zero-order valence-electron chi connectivity index (χ0n) is 12.5. The Morgan fingerprint density at radius 2 is 1.67 bits per heavy atom. The Morgan fingerprint density at radius 1 is 0.875 bits per heavy atom. The number of nitrogens with one attached hydrogen (secondary N) is 3. The molecule has 2 aromatic carbocycles. The normalized spacial score (nSPS) is 10.7. The van der Waals surface area contributed by atoms with Crippen molar-refractivity contribution in [1.82, 2.24) is 19.9 Å². The van der Waals surface area contributed by atoms with Gasteiger partial charge in [0.15, 0.2) is 0 Å². The van der Waals surface area contributed by atoms with Crippen molar-refractivity contribution in [3.63, 3.8) is 0 Å². The molecule has 0 spiro atoms. The van der Waals surface area contributed by atoms with Crippen LogP contribution in [0.2, 0.25) is 0 Å². The smallest absolute Gasteiger partial charge is 0.232 e. The summed E-state index contributed by atoms with van der Waals surface area (Å²) in [6.45, 7) is 0. The highest BCUT2D eigenvalue weighted by Crippen LogP contribution is 2.21. The van der Waals surface area contributed by atoms with E-state index in [9.17, 15) is 0 Å². The fraction of sp³-hybridized carbons (Fsp3) is 0. The van der Waals surface area contributed by atoms with Crippen molar-refractivity contribution in [3.8, 4) is 0 Å². The predicted octanol–water partition coefficient (Wildman–Crippen LogP) is 4.60. The van der Waals surface area contributed by atoms with Crippen LogP contribution in [0.25, 0.3) is 10.9 Å². The van der Waals surface area contributed by atoms with Gasteiger partial charge in [0.2, 0.25) is 11.9 Å². The first-order valence-corrected chi connectivity index (χ1v) is 8.11. The number of anilines is 4. The van der Waals surface area contributed by atoms with Crippen molar-refractivity contribution < 1.29 is 0 Å². The number of halogens is 1. The molecule has 0 saturated heterocycles. The highest BCUT2D eigenvalue weighted by Gasteiger charge is 2.04. The van der Waals surface area contributed by atoms with E-state index in [1.54, 1.807) is 0 Å². The monoisotopic (exact) mass is 380 g/mol. The van der Waals surface area contributed by atoms with Gasteiger partial charge in [0.1, 0.15) is 6.33 Å². The number of fused-ring (bicyclic) bond motifs is 1. The second-order valence-electron chi connectivity index (χ2n) is 5.17. The second kappa shape index (κ2) is 6.29. The van der Waals surface area contributed by atoms with Gasteiger partial charge in [0.05, 0.1) is 0 Å². The van der Waals surface area contributed by atoms with E-state index in [1.165, 1.54) is 6.33 Å². The molecule has 0 aliphatic heterocycles. The maximum absolute atomic E-state index is 4.39. The van der Waals surface area contributed by atoms with Crippen LogP contribution in [0, 0.1) is 0 Å². The van der Waals surface area contributed by atoms with Crippen LogP contribution in [-0.4, -0.2) is 19.9 Å². The van der Waals surface area contributed by atoms with E-state index in [-0.39, 0.29) is 0 Å². The van der Waals surface area contributed by atoms with Gasteiger partial charge in [-0.05, 0) is 42.5 Å². The summed E-state index contributed by atoms with van der Waals surface area (Å²) in [6.07, 6.45) is 3.39. The van der Waals surface area contributed by atoms with Crippen LogP contribution >= 0.6 is 15.9 Å². The molecule has 6 nitrogen and oxygen atoms in total. The molecule has 0 atom stereocenters. The molecular formula is C17H13BrN6. The summed E-state index contributed by atoms with van der Waals surface area (Å²) in [5.74, 6) is 0.964. The molecule has 0 saturated carbocycles. The quantitative estimate of drug-likeness (QED) is 0.482. The first-order chi connectivity index (χ1) is 11.8. The Kier molecular flexibility index (Phi) is 3.84. The van der Waals surface area contributed by atoms with Crippen molar-refractivity contribution in [2.45, 2.75) is 0 Å². The summed E-state index contributed by atoms with van der Waals surface area (Å²) in [4.78, 5) is 15.9. The van der Waals surface area contributed by atoms with Crippen molar-refractivity contribution in [2.75, 3.05) is 10.6 Å². The first kappa shape index (κ1) is 14.6. The van der Waals surface area contributed by atoms with Gasteiger partial charge in [0, 0.05) is 32.9 Å². The molecule has 4 aromatic rings. The third kappa shape index (κ3) is 3.21. The molecule has 0 aliphatic rings. The van der Waals surface area contributed by atoms with E-state index in [4.69, 9.17) is 0 Å². The standard InChI is InChI=1S/C17H13BrN6/c18-12-2-1-3-13(9-12)22-16-20-10-21-17(24-16)23-14-4-5-15-11(8-14)6-7-19-15/h1-10,19H,(H2,20,21,22,23,24). The number of rotatable bonds is 4. The molecule has 0 amide bonds. The number of aromatic amines is 1. The number of H-pyrrole nitrogens is 1. The molecule has 4 rings (SSSR count). The fourth-order valence-electron chi connectivity index (χ4n) is 2.37. The molecule has 0 fully saturated rings. The molecule has 118 valence electrons. The summed E-state index contributed by atoms with van der Waals surface area (Å²) in [5, 5.41) is 7.48. The Morgan fingerprint density at radius 3 is 2.46 bits per heavy atom. The Bertz CT molecular complexity index is 997. The van der Waals surface area contributed by atoms with Gasteiger partial charge in [-0.1, -0.05) is 22.0 Å². The molecule has 7 heteroatoms. The third-order valence-corrected chi connectivity index (χ3v) is 3.96. The van der Waals surface area contributed by atoms with Crippen LogP contribution < -0.4 is 10.6 Å². The number of nitrogens with zero attached hydrogens (tertiary/aromatic N) is 3. The Hall–Kier alpha value is -2.93. The summed E-state index contributed by atoms with van der Waals surface area (Å²) < 4.78 is 0.986. The molecule has 3 N–H and O–H groups in total. The lowest BCUT2D eigenvalue weighted by atomic mass is 10.2. The number of hydrogen-bond acceptors (Lipinski definition) is 5. The molecule has 0 unspecified atom stereocenters. The predicted molar refractivity (Wildman–Crippen MR) is 98.8 cm³/mol. The SMILES string of the molecule is Brc1cccc(Nc2ncnc(Nc3ccc4[nH]ccc4c3)n2)c1. The van der Waals surface area contributed by atoms with E-state index in [2.05, 4.69) is 46.5 Å². The van der Waals surface area contributed by atoms with E-state index in [0.29, 0.717) is 11.9 Å². The lowest BCUT2D eigenvalue weighted by Gasteiger charge is -2.08. The van der Waals surface area contributed by atoms with Gasteiger partial charge < -0.3 is 15.6 Å². The fourth-order valence-corrected chi connectivity index (χ4v) is 2.77. The minimum Gasteiger partial charge on any atom is -0.361 e. The largest absolute Gasteiger partial charge is 0.361 e. The van der Waals surface area contributed by atoms with Gasteiger partial charge in [-0.25, -0.2) is 9.97 Å². The Labute approximate surface area is 146 Å². The number of aromatic nitrogens is 4. The molecule has 0 radical (unpaired) electrons. The van der Waals surface area contributed by atoms with Gasteiger partial charge in [-0.15, -0.1) is 0 Å². The maximum atomic E-state index is 4.39. The average molecular weight is 381 g/mol. The zero-order valence-corrected chi connectivity index (χ0v) is 14.1. The number of benzene rings is 2. The van der Waals surface area contributed by atoms with E-state index in [1.807, 2.05) is 54.7 Å². The van der Waals surface area contributed by atoms with Crippen LogP contribution in [0.15, 0.2) is 65.5 Å². The summed E-state index contributed by atoms with van der Waals surface area (Å²) in [5.41, 5.74) is 2.91. The van der Waals surface area contributed by atoms with Crippen molar-refractivity contribution in [1.29, 1.82) is 0 Å². The number of hydrogen-bond donors (Lipinski definition) is 3. The van der Waals surface area contributed by atoms with E-state index in [0.717, 1.165) is 26.8 Å². The first-order valence-electron chi connectivity index (χ1n) is 7.32. The van der Waals surface area contributed by atoms with Gasteiger partial charge in [-0.3, -0.25) is 0 Å². The molecule has 24 heavy (non-hydrogen) atoms. The van der Waals surface area contributed by atoms with Crippen LogP contribution in [0.1, 0.15) is 0 Å². The summed E-state index contributed by atoms with van der Waals surface area (Å²) in [7, 11) is 0. The van der Waals surface area contributed by atoms with Crippen LogP contribution in [0.3, 0.4) is 0 Å². The van der Waals surface area contributed by atoms with Crippen LogP contribution in [-0.2, 0) is 0 Å². The highest BCUT2D eigenvalue weighted by molar-refractivity contribution is 9.10. The minimum absolute atomic E-state index is 0.480. The molecule has 2 heterocycles. The van der Waals surface area contributed by atoms with Crippen LogP contribution in [0.5, 0.6) is 0 Å². The molecule has 0 bridgehead atoms. The van der Waals surface area contributed by atoms with Crippen LogP contribution in [0.4, 0.5) is 23.3 Å². The minimum atomic E-state index is 0.480. The van der Waals surface area contributed by atoms with Crippen molar-refractivity contribution in [2.24, 2.45) is 0 Å². The van der Waals surface area contributed by atoms with E-state index >= 15 is 0 Å². The second-order valence-corrected chi connectivity index (χ2v) is 6.09. The lowest BCUT2D eigenvalue weighted by Crippen LogP contribution is -2.02. The molecular weight excluding hydrogens is 368 g/mol. The molecule has 0 aliphatic carbocycles. The van der Waals surface area contributed by atoms with Gasteiger partial charge in [-0.2, -0.15) is 4.98 Å². The summed E-state index contributed by atoms with van der Waals surface area (Å²) >= 11 is 3.44. The average Bonchev–Trinajstić information content (AvgIpc) is 3.03. The summed E-state index contributed by atoms with van der Waals surface area (Å²) in [6, 6.07) is 15.9. The van der Waals surface area contributed by atoms with Gasteiger partial charge >= 0.3 is 0 Å². The van der Waals surface area contributed by atoms with Crippen molar-refractivity contribution >= 4 is 50.1 Å².